The van der Waals surface area contributed by atoms with Crippen LogP contribution in [0.1, 0.15) is 12.0 Å². The van der Waals surface area contributed by atoms with Crippen LogP contribution in [0.2, 0.25) is 0 Å². The topological polar surface area (TPSA) is 26.3 Å². The number of esters is 1. The van der Waals surface area contributed by atoms with Crippen molar-refractivity contribution in [1.29, 1.82) is 0 Å². The van der Waals surface area contributed by atoms with Gasteiger partial charge < -0.3 is 4.74 Å². The summed E-state index contributed by atoms with van der Waals surface area (Å²) in [6.07, 6.45) is 4.63. The van der Waals surface area contributed by atoms with E-state index in [1.807, 2.05) is 6.07 Å². The highest BCUT2D eigenvalue weighted by atomic mass is 19.1. The molecule has 0 aromatic heterocycles. The number of benzene rings is 1. The molecule has 17 heavy (non-hydrogen) atoms. The molecule has 1 aliphatic carbocycles. The molecule has 1 aliphatic rings. The summed E-state index contributed by atoms with van der Waals surface area (Å²) in [5.74, 6) is -0.479. The van der Waals surface area contributed by atoms with Crippen LogP contribution in [0, 0.1) is 0 Å². The highest BCUT2D eigenvalue weighted by Crippen LogP contribution is 2.37. The van der Waals surface area contributed by atoms with Crippen molar-refractivity contribution in [3.05, 3.63) is 59.7 Å². The molecule has 1 unspecified atom stereocenters. The molecular weight excluding hydrogens is 219 g/mol. The maximum atomic E-state index is 14.7. The van der Waals surface area contributed by atoms with E-state index in [0.717, 1.165) is 0 Å². The largest absolute Gasteiger partial charge is 0.466 e. The zero-order valence-electron chi connectivity index (χ0n) is 9.52. The Balaban J connectivity index is 2.29. The molecule has 0 radical (unpaired) electrons. The van der Waals surface area contributed by atoms with Crippen molar-refractivity contribution in [3.8, 4) is 0 Å². The summed E-state index contributed by atoms with van der Waals surface area (Å²) in [4.78, 5) is 11.4. The third-order valence-electron chi connectivity index (χ3n) is 2.81. The number of halogens is 1. The van der Waals surface area contributed by atoms with Crippen molar-refractivity contribution in [2.24, 2.45) is 0 Å². The Morgan fingerprint density at radius 2 is 2.06 bits per heavy atom. The quantitative estimate of drug-likeness (QED) is 0.733. The summed E-state index contributed by atoms with van der Waals surface area (Å²) in [5.41, 5.74) is -0.730. The highest BCUT2D eigenvalue weighted by molar-refractivity contribution is 5.89. The number of methoxy groups -OCH3 is 1. The van der Waals surface area contributed by atoms with E-state index in [-0.39, 0.29) is 6.42 Å². The minimum Gasteiger partial charge on any atom is -0.466 e. The van der Waals surface area contributed by atoms with Crippen LogP contribution in [0.5, 0.6) is 0 Å². The monoisotopic (exact) mass is 232 g/mol. The van der Waals surface area contributed by atoms with Gasteiger partial charge in [0.2, 0.25) is 0 Å². The Hall–Kier alpha value is -1.90. The molecule has 0 saturated carbocycles. The first kappa shape index (κ1) is 11.6. The van der Waals surface area contributed by atoms with Crippen molar-refractivity contribution >= 4 is 5.97 Å². The second kappa shape index (κ2) is 4.53. The number of carbonyl (C=O) groups is 1. The van der Waals surface area contributed by atoms with Gasteiger partial charge in [0.25, 0.3) is 0 Å². The molecule has 1 atom stereocenters. The molecule has 1 aromatic rings. The summed E-state index contributed by atoms with van der Waals surface area (Å²) >= 11 is 0. The molecule has 2 rings (SSSR count). The molecule has 0 fully saturated rings. The number of alkyl halides is 1. The molecule has 0 heterocycles. The minimum atomic E-state index is -1.63. The van der Waals surface area contributed by atoms with Crippen LogP contribution in [0.4, 0.5) is 4.39 Å². The van der Waals surface area contributed by atoms with Crippen molar-refractivity contribution in [1.82, 2.24) is 0 Å². The molecule has 1 aromatic carbocycles. The number of hydrogen-bond acceptors (Lipinski definition) is 2. The third-order valence-corrected chi connectivity index (χ3v) is 2.81. The van der Waals surface area contributed by atoms with E-state index in [2.05, 4.69) is 4.74 Å². The fraction of sp³-hybridized carbons (Fsp3) is 0.214. The van der Waals surface area contributed by atoms with Crippen molar-refractivity contribution < 1.29 is 13.9 Å². The Morgan fingerprint density at radius 1 is 1.35 bits per heavy atom. The summed E-state index contributed by atoms with van der Waals surface area (Å²) in [6, 6.07) is 8.81. The Bertz CT molecular complexity index is 476. The van der Waals surface area contributed by atoms with Gasteiger partial charge in [0, 0.05) is 12.0 Å². The van der Waals surface area contributed by atoms with E-state index >= 15 is 0 Å². The SMILES string of the molecule is COC(=O)C1=CC=CC(F)(c2ccccc2)C1. The minimum absolute atomic E-state index is 0.0141. The van der Waals surface area contributed by atoms with E-state index < -0.39 is 11.6 Å². The van der Waals surface area contributed by atoms with Crippen LogP contribution in [0.15, 0.2) is 54.1 Å². The number of allylic oxidation sites excluding steroid dienone is 3. The van der Waals surface area contributed by atoms with Crippen LogP contribution >= 0.6 is 0 Å². The van der Waals surface area contributed by atoms with Crippen LogP contribution in [-0.2, 0) is 15.2 Å². The number of ether oxygens (including phenoxy) is 1. The van der Waals surface area contributed by atoms with E-state index in [0.29, 0.717) is 11.1 Å². The standard InChI is InChI=1S/C14H13FO2/c1-17-13(16)11-6-5-9-14(15,10-11)12-7-3-2-4-8-12/h2-9H,10H2,1H3. The first-order valence-corrected chi connectivity index (χ1v) is 5.37. The zero-order valence-corrected chi connectivity index (χ0v) is 9.52. The van der Waals surface area contributed by atoms with Gasteiger partial charge in [-0.25, -0.2) is 9.18 Å². The lowest BCUT2D eigenvalue weighted by atomic mass is 9.85. The normalized spacial score (nSPS) is 23.1. The van der Waals surface area contributed by atoms with E-state index in [1.165, 1.54) is 13.2 Å². The average molecular weight is 232 g/mol. The van der Waals surface area contributed by atoms with Gasteiger partial charge in [-0.1, -0.05) is 42.5 Å². The predicted octanol–water partition coefficient (Wildman–Crippen LogP) is 2.91. The molecule has 0 N–H and O–H groups in total. The number of hydrogen-bond donors (Lipinski definition) is 0. The van der Waals surface area contributed by atoms with Crippen LogP contribution in [-0.4, -0.2) is 13.1 Å². The molecule has 0 amide bonds. The Kier molecular flexibility index (Phi) is 3.09. The summed E-state index contributed by atoms with van der Waals surface area (Å²) in [7, 11) is 1.30. The second-order valence-corrected chi connectivity index (χ2v) is 3.95. The van der Waals surface area contributed by atoms with Gasteiger partial charge in [-0.15, -0.1) is 0 Å². The molecule has 0 spiro atoms. The lowest BCUT2D eigenvalue weighted by Crippen LogP contribution is -2.23. The molecule has 0 saturated heterocycles. The lowest BCUT2D eigenvalue weighted by Gasteiger charge is -2.25. The average Bonchev–Trinajstić information content (AvgIpc) is 2.39. The molecule has 2 nitrogen and oxygen atoms in total. The Morgan fingerprint density at radius 3 is 2.71 bits per heavy atom. The van der Waals surface area contributed by atoms with Gasteiger partial charge in [0.15, 0.2) is 5.67 Å². The first-order chi connectivity index (χ1) is 8.15. The third kappa shape index (κ3) is 2.28. The fourth-order valence-corrected chi connectivity index (χ4v) is 1.90. The van der Waals surface area contributed by atoms with Crippen molar-refractivity contribution in [2.75, 3.05) is 7.11 Å². The number of carbonyl (C=O) groups excluding carboxylic acids is 1. The smallest absolute Gasteiger partial charge is 0.333 e. The zero-order chi connectivity index (χ0) is 12.3. The molecule has 88 valence electrons. The van der Waals surface area contributed by atoms with Gasteiger partial charge >= 0.3 is 5.97 Å². The van der Waals surface area contributed by atoms with Crippen molar-refractivity contribution in [3.63, 3.8) is 0 Å². The van der Waals surface area contributed by atoms with E-state index in [1.54, 1.807) is 36.4 Å². The van der Waals surface area contributed by atoms with Gasteiger partial charge in [-0.05, 0) is 11.6 Å². The van der Waals surface area contributed by atoms with Gasteiger partial charge in [-0.3, -0.25) is 0 Å². The van der Waals surface area contributed by atoms with Crippen LogP contribution in [0.3, 0.4) is 0 Å². The van der Waals surface area contributed by atoms with Crippen molar-refractivity contribution in [2.45, 2.75) is 12.1 Å². The lowest BCUT2D eigenvalue weighted by molar-refractivity contribution is -0.136. The van der Waals surface area contributed by atoms with Crippen LogP contribution in [0.25, 0.3) is 0 Å². The first-order valence-electron chi connectivity index (χ1n) is 5.37. The number of rotatable bonds is 2. The summed E-state index contributed by atoms with van der Waals surface area (Å²) < 4.78 is 19.3. The van der Waals surface area contributed by atoms with E-state index in [9.17, 15) is 9.18 Å². The van der Waals surface area contributed by atoms with Gasteiger partial charge in [0.05, 0.1) is 7.11 Å². The van der Waals surface area contributed by atoms with Gasteiger partial charge in [-0.2, -0.15) is 0 Å². The maximum absolute atomic E-state index is 14.7. The maximum Gasteiger partial charge on any atom is 0.333 e. The highest BCUT2D eigenvalue weighted by Gasteiger charge is 2.33. The van der Waals surface area contributed by atoms with Crippen LogP contribution < -0.4 is 0 Å². The fourth-order valence-electron chi connectivity index (χ4n) is 1.90. The second-order valence-electron chi connectivity index (χ2n) is 3.95. The van der Waals surface area contributed by atoms with E-state index in [4.69, 9.17) is 0 Å². The summed E-state index contributed by atoms with van der Waals surface area (Å²) in [6.45, 7) is 0. The molecule has 0 aliphatic heterocycles. The van der Waals surface area contributed by atoms with Gasteiger partial charge in [0.1, 0.15) is 0 Å². The molecule has 3 heteroatoms. The molecular formula is C14H13FO2. The molecule has 0 bridgehead atoms. The predicted molar refractivity (Wildman–Crippen MR) is 63.1 cm³/mol. The Labute approximate surface area is 99.4 Å². The summed E-state index contributed by atoms with van der Waals surface area (Å²) in [5, 5.41) is 0.